The van der Waals surface area contributed by atoms with E-state index < -0.39 is 11.6 Å². The van der Waals surface area contributed by atoms with Crippen LogP contribution in [-0.2, 0) is 11.2 Å². The van der Waals surface area contributed by atoms with Crippen molar-refractivity contribution in [2.45, 2.75) is 31.7 Å². The van der Waals surface area contributed by atoms with Crippen molar-refractivity contribution in [3.63, 3.8) is 0 Å². The molecule has 1 saturated heterocycles. The van der Waals surface area contributed by atoms with Crippen LogP contribution in [0.1, 0.15) is 35.3 Å². The van der Waals surface area contributed by atoms with Crippen LogP contribution in [0.4, 0.5) is 8.78 Å². The highest BCUT2D eigenvalue weighted by Crippen LogP contribution is 2.40. The Bertz CT molecular complexity index is 905. The van der Waals surface area contributed by atoms with E-state index in [2.05, 4.69) is 4.98 Å². The quantitative estimate of drug-likeness (QED) is 0.764. The molecule has 0 N–H and O–H groups in total. The summed E-state index contributed by atoms with van der Waals surface area (Å²) in [5.41, 5.74) is 2.22. The van der Waals surface area contributed by atoms with Crippen LogP contribution in [0, 0.1) is 23.5 Å². The molecular formula is C21H23F2N3O2S. The number of likely N-dealkylation sites (tertiary alicyclic amines) is 1. The van der Waals surface area contributed by atoms with Crippen molar-refractivity contribution in [2.24, 2.45) is 11.8 Å². The largest absolute Gasteiger partial charge is 0.342 e. The molecule has 4 rings (SSSR count). The molecule has 1 saturated carbocycles. The van der Waals surface area contributed by atoms with E-state index in [1.165, 1.54) is 23.5 Å². The number of hydrogen-bond donors (Lipinski definition) is 0. The molecule has 2 fully saturated rings. The summed E-state index contributed by atoms with van der Waals surface area (Å²) in [6, 6.07) is 4.06. The van der Waals surface area contributed by atoms with Gasteiger partial charge in [0.05, 0.1) is 11.9 Å². The van der Waals surface area contributed by atoms with Gasteiger partial charge in [0.1, 0.15) is 5.69 Å². The van der Waals surface area contributed by atoms with E-state index in [-0.39, 0.29) is 29.8 Å². The maximum absolute atomic E-state index is 13.9. The maximum Gasteiger partial charge on any atom is 0.273 e. The number of rotatable bonds is 4. The fourth-order valence-electron chi connectivity index (χ4n) is 4.62. The van der Waals surface area contributed by atoms with Gasteiger partial charge in [0.2, 0.25) is 5.91 Å². The number of hydrogen-bond acceptors (Lipinski definition) is 4. The highest BCUT2D eigenvalue weighted by Gasteiger charge is 2.41. The van der Waals surface area contributed by atoms with Crippen LogP contribution in [-0.4, -0.2) is 52.8 Å². The van der Waals surface area contributed by atoms with Gasteiger partial charge in [0.25, 0.3) is 5.91 Å². The third-order valence-corrected chi connectivity index (χ3v) is 6.87. The van der Waals surface area contributed by atoms with E-state index in [0.717, 1.165) is 25.3 Å². The monoisotopic (exact) mass is 419 g/mol. The van der Waals surface area contributed by atoms with Crippen LogP contribution in [0.25, 0.3) is 0 Å². The molecule has 0 radical (unpaired) electrons. The lowest BCUT2D eigenvalue weighted by Gasteiger charge is -2.35. The number of benzene rings is 1. The summed E-state index contributed by atoms with van der Waals surface area (Å²) in [6.07, 6.45) is 2.51. The van der Waals surface area contributed by atoms with Crippen molar-refractivity contribution in [2.75, 3.05) is 20.1 Å². The van der Waals surface area contributed by atoms with Crippen LogP contribution in [0.3, 0.4) is 0 Å². The van der Waals surface area contributed by atoms with Gasteiger partial charge in [0, 0.05) is 37.1 Å². The maximum atomic E-state index is 13.9. The van der Waals surface area contributed by atoms with Gasteiger partial charge in [-0.3, -0.25) is 9.59 Å². The molecule has 2 aliphatic rings. The molecule has 0 spiro atoms. The van der Waals surface area contributed by atoms with Gasteiger partial charge in [-0.25, -0.2) is 13.8 Å². The van der Waals surface area contributed by atoms with Gasteiger partial charge in [-0.1, -0.05) is 12.1 Å². The molecule has 1 aromatic carbocycles. The minimum atomic E-state index is -0.946. The molecule has 5 nitrogen and oxygen atoms in total. The summed E-state index contributed by atoms with van der Waals surface area (Å²) in [6.45, 7) is 1.23. The summed E-state index contributed by atoms with van der Waals surface area (Å²) >= 11 is 1.40. The first kappa shape index (κ1) is 19.9. The Labute approximate surface area is 172 Å². The SMILES string of the molecule is CN(C(=O)c1cscn1)[C@H]1C[C@H]2CCN(C(=O)Cc3cccc(F)c3F)C[C@H]2C1. The third-order valence-electron chi connectivity index (χ3n) is 6.29. The minimum Gasteiger partial charge on any atom is -0.342 e. The molecule has 3 atom stereocenters. The fraction of sp³-hybridized carbons (Fsp3) is 0.476. The zero-order chi connectivity index (χ0) is 20.5. The van der Waals surface area contributed by atoms with Gasteiger partial charge >= 0.3 is 0 Å². The first-order chi connectivity index (χ1) is 13.9. The van der Waals surface area contributed by atoms with Crippen LogP contribution in [0.2, 0.25) is 0 Å². The van der Waals surface area contributed by atoms with Crippen molar-refractivity contribution in [1.29, 1.82) is 0 Å². The van der Waals surface area contributed by atoms with Crippen molar-refractivity contribution in [1.82, 2.24) is 14.8 Å². The second kappa shape index (κ2) is 8.18. The molecule has 8 heteroatoms. The molecule has 1 aliphatic carbocycles. The summed E-state index contributed by atoms with van der Waals surface area (Å²) in [5.74, 6) is -1.33. The molecule has 2 aromatic rings. The van der Waals surface area contributed by atoms with Gasteiger partial charge in [-0.15, -0.1) is 11.3 Å². The number of halogens is 2. The third kappa shape index (κ3) is 4.03. The highest BCUT2D eigenvalue weighted by molar-refractivity contribution is 7.07. The molecular weight excluding hydrogens is 396 g/mol. The van der Waals surface area contributed by atoms with Crippen molar-refractivity contribution < 1.29 is 18.4 Å². The van der Waals surface area contributed by atoms with Gasteiger partial charge in [-0.05, 0) is 37.2 Å². The van der Waals surface area contributed by atoms with Gasteiger partial charge in [0.15, 0.2) is 11.6 Å². The van der Waals surface area contributed by atoms with E-state index in [0.29, 0.717) is 30.6 Å². The van der Waals surface area contributed by atoms with E-state index >= 15 is 0 Å². The van der Waals surface area contributed by atoms with Crippen molar-refractivity contribution in [3.05, 3.63) is 52.0 Å². The number of amides is 2. The lowest BCUT2D eigenvalue weighted by molar-refractivity contribution is -0.132. The number of aromatic nitrogens is 1. The summed E-state index contributed by atoms with van der Waals surface area (Å²) < 4.78 is 27.3. The first-order valence-electron chi connectivity index (χ1n) is 9.80. The van der Waals surface area contributed by atoms with E-state index in [1.54, 1.807) is 20.7 Å². The smallest absolute Gasteiger partial charge is 0.273 e. The Hall–Kier alpha value is -2.35. The molecule has 1 aliphatic heterocycles. The number of fused-ring (bicyclic) bond motifs is 1. The summed E-state index contributed by atoms with van der Waals surface area (Å²) in [5, 5.41) is 1.76. The minimum absolute atomic E-state index is 0.0654. The Morgan fingerprint density at radius 2 is 2.07 bits per heavy atom. The van der Waals surface area contributed by atoms with Gasteiger partial charge < -0.3 is 9.80 Å². The van der Waals surface area contributed by atoms with Crippen LogP contribution >= 0.6 is 11.3 Å². The summed E-state index contributed by atoms with van der Waals surface area (Å²) in [4.78, 5) is 32.9. The molecule has 154 valence electrons. The van der Waals surface area contributed by atoms with Crippen LogP contribution in [0.15, 0.2) is 29.1 Å². The molecule has 1 aromatic heterocycles. The van der Waals surface area contributed by atoms with Crippen molar-refractivity contribution >= 4 is 23.2 Å². The number of carbonyl (C=O) groups excluding carboxylic acids is 2. The number of thiazole rings is 1. The Kier molecular flexibility index (Phi) is 5.63. The summed E-state index contributed by atoms with van der Waals surface area (Å²) in [7, 11) is 1.82. The molecule has 0 unspecified atom stereocenters. The topological polar surface area (TPSA) is 53.5 Å². The Balaban J connectivity index is 1.37. The molecule has 29 heavy (non-hydrogen) atoms. The lowest BCUT2D eigenvalue weighted by atomic mass is 9.88. The molecule has 2 heterocycles. The van der Waals surface area contributed by atoms with E-state index in [9.17, 15) is 18.4 Å². The normalized spacial score (nSPS) is 23.7. The number of piperidine rings is 1. The Morgan fingerprint density at radius 3 is 2.83 bits per heavy atom. The average Bonchev–Trinajstić information content (AvgIpc) is 3.39. The predicted octanol–water partition coefficient (Wildman–Crippen LogP) is 3.36. The highest BCUT2D eigenvalue weighted by atomic mass is 32.1. The first-order valence-corrected chi connectivity index (χ1v) is 10.7. The number of carbonyl (C=O) groups is 2. The van der Waals surface area contributed by atoms with Crippen LogP contribution < -0.4 is 0 Å². The number of nitrogens with zero attached hydrogens (tertiary/aromatic N) is 3. The van der Waals surface area contributed by atoms with Crippen molar-refractivity contribution in [3.8, 4) is 0 Å². The molecule has 2 amide bonds. The van der Waals surface area contributed by atoms with E-state index in [4.69, 9.17) is 0 Å². The predicted molar refractivity (Wildman–Crippen MR) is 105 cm³/mol. The zero-order valence-electron chi connectivity index (χ0n) is 16.2. The second-order valence-corrected chi connectivity index (χ2v) is 8.67. The van der Waals surface area contributed by atoms with Gasteiger partial charge in [-0.2, -0.15) is 0 Å². The molecule has 0 bridgehead atoms. The van der Waals surface area contributed by atoms with E-state index in [1.807, 2.05) is 7.05 Å². The van der Waals surface area contributed by atoms with Crippen LogP contribution in [0.5, 0.6) is 0 Å². The zero-order valence-corrected chi connectivity index (χ0v) is 17.0. The standard InChI is InChI=1S/C21H23F2N3O2S/c1-25(21(28)18-11-29-12-24-18)16-7-13-5-6-26(10-15(13)8-16)19(27)9-14-3-2-4-17(22)20(14)23/h2-4,11-13,15-16H,5-10H2,1H3/t13-,15-,16+/m1/s1. The lowest BCUT2D eigenvalue weighted by Crippen LogP contribution is -2.43. The Morgan fingerprint density at radius 1 is 1.28 bits per heavy atom. The fourth-order valence-corrected chi connectivity index (χ4v) is 5.15. The average molecular weight is 419 g/mol. The second-order valence-electron chi connectivity index (χ2n) is 7.95.